The smallest absolute Gasteiger partial charge is 0.410 e. The molecule has 41 heavy (non-hydrogen) atoms. The summed E-state index contributed by atoms with van der Waals surface area (Å²) < 4.78 is 12.2. The third-order valence-electron chi connectivity index (χ3n) is 6.13. The molecule has 12 heteroatoms. The van der Waals surface area contributed by atoms with Gasteiger partial charge >= 0.3 is 12.1 Å². The van der Waals surface area contributed by atoms with Crippen LogP contribution in [0.3, 0.4) is 0 Å². The number of hydrogen-bond acceptors (Lipinski definition) is 9. The minimum Gasteiger partial charge on any atom is -0.496 e. The first kappa shape index (κ1) is 29.4. The van der Waals surface area contributed by atoms with Crippen molar-refractivity contribution < 1.29 is 19.1 Å². The van der Waals surface area contributed by atoms with Gasteiger partial charge in [-0.1, -0.05) is 18.2 Å². The summed E-state index contributed by atoms with van der Waals surface area (Å²) in [7, 11) is 5.58. The van der Waals surface area contributed by atoms with Gasteiger partial charge in [0.2, 0.25) is 11.9 Å². The molecule has 0 radical (unpaired) electrons. The van der Waals surface area contributed by atoms with Gasteiger partial charge in [0.15, 0.2) is 0 Å². The Balaban J connectivity index is 1.43. The lowest BCUT2D eigenvalue weighted by Gasteiger charge is -2.30. The van der Waals surface area contributed by atoms with Crippen LogP contribution in [-0.2, 0) is 11.3 Å². The number of ether oxygens (including phenoxy) is 2. The molecule has 218 valence electrons. The molecular formula is C29H38N8O4. The molecule has 2 amide bonds. The number of nitrogen functional groups attached to an aromatic ring is 1. The van der Waals surface area contributed by atoms with E-state index in [2.05, 4.69) is 31.7 Å². The van der Waals surface area contributed by atoms with Gasteiger partial charge in [-0.15, -0.1) is 9.78 Å². The van der Waals surface area contributed by atoms with Gasteiger partial charge in [-0.3, -0.25) is 0 Å². The van der Waals surface area contributed by atoms with Gasteiger partial charge < -0.3 is 35.6 Å². The highest BCUT2D eigenvalue weighted by Gasteiger charge is 2.26. The van der Waals surface area contributed by atoms with Crippen LogP contribution in [0.4, 0.5) is 32.9 Å². The predicted molar refractivity (Wildman–Crippen MR) is 159 cm³/mol. The average molecular weight is 563 g/mol. The molecule has 0 unspecified atom stereocenters. The third-order valence-corrected chi connectivity index (χ3v) is 6.13. The summed E-state index contributed by atoms with van der Waals surface area (Å²) in [6.45, 7) is 7.33. The number of nitrogens with one attached hydrogen (secondary N) is 2. The van der Waals surface area contributed by atoms with Gasteiger partial charge in [0.1, 0.15) is 11.4 Å². The number of nitrogens with two attached hydrogens (primary N) is 1. The van der Waals surface area contributed by atoms with Crippen LogP contribution in [0.25, 0.3) is 5.57 Å². The first-order valence-corrected chi connectivity index (χ1v) is 13.3. The monoisotopic (exact) mass is 562 g/mol. The maximum Gasteiger partial charge on any atom is 0.410 e. The van der Waals surface area contributed by atoms with Crippen molar-refractivity contribution in [2.24, 2.45) is 0 Å². The Morgan fingerprint density at radius 1 is 1.10 bits per heavy atom. The zero-order valence-corrected chi connectivity index (χ0v) is 24.4. The second-order valence-electron chi connectivity index (χ2n) is 11.0. The van der Waals surface area contributed by atoms with Crippen molar-refractivity contribution in [1.29, 1.82) is 0 Å². The van der Waals surface area contributed by atoms with E-state index in [0.717, 1.165) is 28.1 Å². The van der Waals surface area contributed by atoms with Crippen molar-refractivity contribution in [2.45, 2.75) is 39.3 Å². The zero-order chi connectivity index (χ0) is 29.7. The van der Waals surface area contributed by atoms with Crippen LogP contribution in [0.15, 0.2) is 48.5 Å². The van der Waals surface area contributed by atoms with Crippen LogP contribution in [0.2, 0.25) is 0 Å². The van der Waals surface area contributed by atoms with Crippen LogP contribution in [0, 0.1) is 0 Å². The molecule has 0 aliphatic carbocycles. The minimum absolute atomic E-state index is 0.0626. The lowest BCUT2D eigenvalue weighted by atomic mass is 10.00. The molecular weight excluding hydrogens is 524 g/mol. The number of methoxy groups -OCH3 is 1. The lowest BCUT2D eigenvalue weighted by molar-refractivity contribution is 0.0273. The third kappa shape index (κ3) is 7.76. The van der Waals surface area contributed by atoms with Gasteiger partial charge in [0, 0.05) is 42.6 Å². The quantitative estimate of drug-likeness (QED) is 0.371. The molecule has 12 nitrogen and oxygen atoms in total. The van der Waals surface area contributed by atoms with E-state index in [-0.39, 0.29) is 18.0 Å². The van der Waals surface area contributed by atoms with E-state index in [1.54, 1.807) is 24.1 Å². The summed E-state index contributed by atoms with van der Waals surface area (Å²) >= 11 is 0. The van der Waals surface area contributed by atoms with E-state index in [0.29, 0.717) is 30.9 Å². The van der Waals surface area contributed by atoms with Crippen molar-refractivity contribution >= 4 is 41.0 Å². The number of carbonyl (C=O) groups is 2. The number of benzene rings is 2. The molecule has 0 atom stereocenters. The van der Waals surface area contributed by atoms with Crippen LogP contribution in [0.1, 0.15) is 38.3 Å². The normalized spacial score (nSPS) is 13.5. The summed E-state index contributed by atoms with van der Waals surface area (Å²) in [5.74, 6) is 0.684. The number of aromatic nitrogens is 3. The second-order valence-corrected chi connectivity index (χ2v) is 11.0. The van der Waals surface area contributed by atoms with Crippen molar-refractivity contribution in [2.75, 3.05) is 50.7 Å². The molecule has 0 bridgehead atoms. The highest BCUT2D eigenvalue weighted by Crippen LogP contribution is 2.32. The summed E-state index contributed by atoms with van der Waals surface area (Å²) in [5, 5.41) is 10.1. The highest BCUT2D eigenvalue weighted by atomic mass is 16.6. The van der Waals surface area contributed by atoms with Crippen molar-refractivity contribution in [3.05, 3.63) is 59.7 Å². The topological polar surface area (TPSA) is 140 Å². The zero-order valence-electron chi connectivity index (χ0n) is 24.4. The molecule has 1 aromatic heterocycles. The minimum atomic E-state index is -0.577. The Labute approximate surface area is 240 Å². The second kappa shape index (κ2) is 12.3. The molecule has 1 aliphatic rings. The maximum atomic E-state index is 13.0. The van der Waals surface area contributed by atoms with E-state index in [9.17, 15) is 9.59 Å². The van der Waals surface area contributed by atoms with E-state index in [1.165, 1.54) is 5.56 Å². The van der Waals surface area contributed by atoms with Gasteiger partial charge in [0.05, 0.1) is 7.11 Å². The largest absolute Gasteiger partial charge is 0.496 e. The molecule has 1 aliphatic heterocycles. The van der Waals surface area contributed by atoms with Crippen LogP contribution in [0.5, 0.6) is 5.75 Å². The number of amides is 2. The fraction of sp³-hybridized carbons (Fsp3) is 0.379. The Kier molecular flexibility index (Phi) is 8.82. The van der Waals surface area contributed by atoms with E-state index in [1.807, 2.05) is 65.2 Å². The van der Waals surface area contributed by atoms with Crippen LogP contribution in [-0.4, -0.2) is 76.6 Å². The number of nitrogens with zero attached hydrogens (tertiary/aromatic N) is 5. The Morgan fingerprint density at radius 3 is 2.46 bits per heavy atom. The first-order valence-electron chi connectivity index (χ1n) is 13.3. The molecule has 0 saturated heterocycles. The van der Waals surface area contributed by atoms with Crippen LogP contribution >= 0.6 is 0 Å². The van der Waals surface area contributed by atoms with E-state index >= 15 is 0 Å². The van der Waals surface area contributed by atoms with Crippen LogP contribution < -0.4 is 21.1 Å². The Morgan fingerprint density at radius 2 is 1.80 bits per heavy atom. The SMILES string of the molecule is COc1cc(NC(=O)n2nc(Nc3ccc(CN(C)C)cc3)nc2N)ccc1C1=CCCN(C(=O)OC(C)(C)C)C1. The fourth-order valence-corrected chi connectivity index (χ4v) is 4.35. The van der Waals surface area contributed by atoms with Gasteiger partial charge in [-0.25, -0.2) is 9.59 Å². The molecule has 3 aromatic rings. The number of rotatable bonds is 7. The van der Waals surface area contributed by atoms with Crippen molar-refractivity contribution in [3.8, 4) is 5.75 Å². The number of anilines is 4. The fourth-order valence-electron chi connectivity index (χ4n) is 4.35. The highest BCUT2D eigenvalue weighted by molar-refractivity contribution is 5.93. The standard InChI is InChI=1S/C29H38N8O4/c1-29(2,3)41-28(39)36-15-7-8-20(18-36)23-14-13-22(16-24(23)40-6)32-27(38)37-25(30)33-26(34-37)31-21-11-9-19(10-12-21)17-35(4)5/h8-14,16H,7,15,17-18H2,1-6H3,(H,32,38)(H3,30,31,33,34). The summed E-state index contributed by atoms with van der Waals surface area (Å²) in [6, 6.07) is 12.6. The lowest BCUT2D eigenvalue weighted by Crippen LogP contribution is -2.39. The molecule has 0 fully saturated rings. The average Bonchev–Trinajstić information content (AvgIpc) is 3.28. The van der Waals surface area contributed by atoms with Gasteiger partial charge in [-0.2, -0.15) is 4.98 Å². The summed E-state index contributed by atoms with van der Waals surface area (Å²) in [6.07, 6.45) is 2.42. The summed E-state index contributed by atoms with van der Waals surface area (Å²) in [5.41, 5.74) is 9.59. The Bertz CT molecular complexity index is 1420. The van der Waals surface area contributed by atoms with Gasteiger partial charge in [-0.05, 0) is 76.7 Å². The molecule has 2 heterocycles. The van der Waals surface area contributed by atoms with E-state index in [4.69, 9.17) is 15.2 Å². The molecule has 0 spiro atoms. The maximum absolute atomic E-state index is 13.0. The molecule has 0 saturated carbocycles. The predicted octanol–water partition coefficient (Wildman–Crippen LogP) is 4.78. The van der Waals surface area contributed by atoms with Crippen molar-refractivity contribution in [3.63, 3.8) is 0 Å². The van der Waals surface area contributed by atoms with Gasteiger partial charge in [0.25, 0.3) is 0 Å². The van der Waals surface area contributed by atoms with E-state index < -0.39 is 11.6 Å². The van der Waals surface area contributed by atoms with Crippen molar-refractivity contribution in [1.82, 2.24) is 24.6 Å². The molecule has 4 N–H and O–H groups in total. The first-order chi connectivity index (χ1) is 19.4. The Hall–Kier alpha value is -4.58. The molecule has 4 rings (SSSR count). The molecule has 2 aromatic carbocycles. The number of hydrogen-bond donors (Lipinski definition) is 3. The number of carbonyl (C=O) groups excluding carboxylic acids is 2. The summed E-state index contributed by atoms with van der Waals surface area (Å²) in [4.78, 5) is 33.5.